The van der Waals surface area contributed by atoms with Crippen LogP contribution in [0, 0.1) is 5.41 Å². The van der Waals surface area contributed by atoms with Gasteiger partial charge in [0.25, 0.3) is 0 Å². The average Bonchev–Trinajstić information content (AvgIpc) is 2.75. The van der Waals surface area contributed by atoms with Gasteiger partial charge in [-0.25, -0.2) is 0 Å². The summed E-state index contributed by atoms with van der Waals surface area (Å²) >= 11 is 0. The van der Waals surface area contributed by atoms with Crippen LogP contribution in [0.1, 0.15) is 39.5 Å². The fourth-order valence-corrected chi connectivity index (χ4v) is 2.70. The van der Waals surface area contributed by atoms with Crippen molar-refractivity contribution in [3.8, 4) is 0 Å². The van der Waals surface area contributed by atoms with Crippen LogP contribution < -0.4 is 0 Å². The lowest BCUT2D eigenvalue weighted by Gasteiger charge is -2.29. The molecule has 0 aromatic heterocycles. The van der Waals surface area contributed by atoms with E-state index in [9.17, 15) is 5.11 Å². The van der Waals surface area contributed by atoms with E-state index >= 15 is 0 Å². The van der Waals surface area contributed by atoms with Gasteiger partial charge in [-0.15, -0.1) is 0 Å². The Morgan fingerprint density at radius 2 is 2.13 bits per heavy atom. The topological polar surface area (TPSA) is 38.7 Å². The van der Waals surface area contributed by atoms with Gasteiger partial charge in [0.2, 0.25) is 0 Å². The van der Waals surface area contributed by atoms with Gasteiger partial charge >= 0.3 is 0 Å². The molecule has 2 unspecified atom stereocenters. The first-order chi connectivity index (χ1) is 7.05. The predicted octanol–water partition coefficient (Wildman–Crippen LogP) is 1.73. The van der Waals surface area contributed by atoms with Gasteiger partial charge in [0.15, 0.2) is 0 Å². The molecular weight excluding hydrogens is 192 g/mol. The molecule has 0 saturated carbocycles. The van der Waals surface area contributed by atoms with Crippen molar-refractivity contribution in [3.63, 3.8) is 0 Å². The summed E-state index contributed by atoms with van der Waals surface area (Å²) in [5, 5.41) is 9.47. The van der Waals surface area contributed by atoms with E-state index in [2.05, 4.69) is 13.8 Å². The van der Waals surface area contributed by atoms with E-state index in [1.807, 2.05) is 0 Å². The van der Waals surface area contributed by atoms with E-state index in [0.717, 1.165) is 32.3 Å². The first-order valence-corrected chi connectivity index (χ1v) is 5.92. The van der Waals surface area contributed by atoms with Gasteiger partial charge in [-0.1, -0.05) is 0 Å². The zero-order valence-electron chi connectivity index (χ0n) is 9.79. The molecule has 0 aromatic rings. The minimum absolute atomic E-state index is 0.0227. The second kappa shape index (κ2) is 4.04. The summed E-state index contributed by atoms with van der Waals surface area (Å²) in [4.78, 5) is 0. The lowest BCUT2D eigenvalue weighted by atomic mass is 9.82. The molecule has 3 heteroatoms. The molecule has 2 atom stereocenters. The lowest BCUT2D eigenvalue weighted by molar-refractivity contribution is -0.0451. The van der Waals surface area contributed by atoms with Crippen LogP contribution in [0.15, 0.2) is 0 Å². The highest BCUT2D eigenvalue weighted by atomic mass is 16.5. The van der Waals surface area contributed by atoms with Crippen molar-refractivity contribution >= 4 is 0 Å². The highest BCUT2D eigenvalue weighted by molar-refractivity contribution is 4.89. The summed E-state index contributed by atoms with van der Waals surface area (Å²) in [5.74, 6) is 0. The molecule has 0 radical (unpaired) electrons. The van der Waals surface area contributed by atoms with Crippen LogP contribution >= 0.6 is 0 Å². The lowest BCUT2D eigenvalue weighted by Crippen LogP contribution is -2.32. The molecule has 3 nitrogen and oxygen atoms in total. The number of hydrogen-bond acceptors (Lipinski definition) is 3. The largest absolute Gasteiger partial charge is 0.396 e. The molecule has 2 heterocycles. The number of rotatable bonds is 3. The van der Waals surface area contributed by atoms with Crippen LogP contribution in [0.5, 0.6) is 0 Å². The highest BCUT2D eigenvalue weighted by Gasteiger charge is 2.41. The van der Waals surface area contributed by atoms with Gasteiger partial charge in [0.05, 0.1) is 24.9 Å². The van der Waals surface area contributed by atoms with Gasteiger partial charge in [-0.3, -0.25) is 0 Å². The molecule has 2 saturated heterocycles. The minimum Gasteiger partial charge on any atom is -0.396 e. The van der Waals surface area contributed by atoms with Crippen molar-refractivity contribution in [2.45, 2.75) is 51.2 Å². The summed E-state index contributed by atoms with van der Waals surface area (Å²) in [7, 11) is 0. The van der Waals surface area contributed by atoms with E-state index < -0.39 is 0 Å². The molecular formula is C12H22O3. The maximum absolute atomic E-state index is 9.47. The Kier molecular flexibility index (Phi) is 3.06. The van der Waals surface area contributed by atoms with Crippen molar-refractivity contribution in [2.24, 2.45) is 5.41 Å². The second-order valence-corrected chi connectivity index (χ2v) is 5.70. The molecule has 2 aliphatic heterocycles. The maximum Gasteiger partial charge on any atom is 0.0631 e. The smallest absolute Gasteiger partial charge is 0.0631 e. The molecule has 88 valence electrons. The van der Waals surface area contributed by atoms with Gasteiger partial charge in [0, 0.05) is 12.0 Å². The number of aliphatic hydroxyl groups excluding tert-OH is 1. The van der Waals surface area contributed by atoms with Crippen molar-refractivity contribution in [1.82, 2.24) is 0 Å². The van der Waals surface area contributed by atoms with E-state index in [4.69, 9.17) is 9.47 Å². The zero-order valence-corrected chi connectivity index (χ0v) is 9.79. The summed E-state index contributed by atoms with van der Waals surface area (Å²) in [6.07, 6.45) is 4.49. The van der Waals surface area contributed by atoms with Crippen molar-refractivity contribution in [2.75, 3.05) is 19.8 Å². The van der Waals surface area contributed by atoms with Crippen molar-refractivity contribution in [1.29, 1.82) is 0 Å². The Morgan fingerprint density at radius 3 is 2.60 bits per heavy atom. The molecule has 0 bridgehead atoms. The Labute approximate surface area is 91.8 Å². The van der Waals surface area contributed by atoms with Crippen LogP contribution in [-0.4, -0.2) is 36.6 Å². The average molecular weight is 214 g/mol. The molecule has 0 aromatic carbocycles. The van der Waals surface area contributed by atoms with Gasteiger partial charge in [0.1, 0.15) is 0 Å². The summed E-state index contributed by atoms with van der Waals surface area (Å²) in [6.45, 7) is 6.00. The molecule has 0 aliphatic carbocycles. The highest BCUT2D eigenvalue weighted by Crippen LogP contribution is 2.39. The fourth-order valence-electron chi connectivity index (χ4n) is 2.70. The predicted molar refractivity (Wildman–Crippen MR) is 57.8 cm³/mol. The van der Waals surface area contributed by atoms with Gasteiger partial charge in [-0.2, -0.15) is 0 Å². The van der Waals surface area contributed by atoms with Crippen molar-refractivity contribution in [3.05, 3.63) is 0 Å². The Morgan fingerprint density at radius 1 is 1.33 bits per heavy atom. The Balaban J connectivity index is 1.91. The molecule has 2 aliphatic rings. The van der Waals surface area contributed by atoms with E-state index in [1.54, 1.807) is 0 Å². The summed E-state index contributed by atoms with van der Waals surface area (Å²) < 4.78 is 11.4. The molecule has 0 amide bonds. The first kappa shape index (κ1) is 11.4. The normalized spacial score (nSPS) is 39.8. The fraction of sp³-hybridized carbons (Fsp3) is 1.00. The van der Waals surface area contributed by atoms with E-state index in [0.29, 0.717) is 12.7 Å². The first-order valence-electron chi connectivity index (χ1n) is 5.92. The number of hydrogen-bond donors (Lipinski definition) is 1. The Hall–Kier alpha value is -0.120. The molecule has 0 spiro atoms. The van der Waals surface area contributed by atoms with Crippen LogP contribution in [0.4, 0.5) is 0 Å². The summed E-state index contributed by atoms with van der Waals surface area (Å²) in [5.41, 5.74) is 0.00581. The van der Waals surface area contributed by atoms with Crippen LogP contribution in [0.2, 0.25) is 0 Å². The monoisotopic (exact) mass is 214 g/mol. The SMILES string of the molecule is CC1(C)CCC(CC2(CO)CCOC2)O1. The van der Waals surface area contributed by atoms with Crippen LogP contribution in [-0.2, 0) is 9.47 Å². The third-order valence-electron chi connectivity index (χ3n) is 3.74. The third-order valence-corrected chi connectivity index (χ3v) is 3.74. The molecule has 1 N–H and O–H groups in total. The zero-order chi connectivity index (χ0) is 10.9. The Bertz CT molecular complexity index is 219. The molecule has 2 rings (SSSR count). The quantitative estimate of drug-likeness (QED) is 0.777. The number of aliphatic hydroxyl groups is 1. The molecule has 15 heavy (non-hydrogen) atoms. The maximum atomic E-state index is 9.47. The van der Waals surface area contributed by atoms with E-state index in [-0.39, 0.29) is 17.6 Å². The molecule has 2 fully saturated rings. The van der Waals surface area contributed by atoms with Crippen molar-refractivity contribution < 1.29 is 14.6 Å². The third kappa shape index (κ3) is 2.52. The van der Waals surface area contributed by atoms with E-state index in [1.165, 1.54) is 0 Å². The second-order valence-electron chi connectivity index (χ2n) is 5.70. The van der Waals surface area contributed by atoms with Gasteiger partial charge in [-0.05, 0) is 39.5 Å². The minimum atomic E-state index is -0.0227. The van der Waals surface area contributed by atoms with Crippen LogP contribution in [0.3, 0.4) is 0 Å². The van der Waals surface area contributed by atoms with Crippen LogP contribution in [0.25, 0.3) is 0 Å². The number of ether oxygens (including phenoxy) is 2. The van der Waals surface area contributed by atoms with Gasteiger partial charge < -0.3 is 14.6 Å². The summed E-state index contributed by atoms with van der Waals surface area (Å²) in [6, 6.07) is 0. The standard InChI is InChI=1S/C12H22O3/c1-11(2)4-3-10(15-11)7-12(8-13)5-6-14-9-12/h10,13H,3-9H2,1-2H3.